The molecule has 0 aliphatic heterocycles. The Morgan fingerprint density at radius 3 is 2.72 bits per heavy atom. The third kappa shape index (κ3) is 2.96. The lowest BCUT2D eigenvalue weighted by atomic mass is 10.1. The maximum atomic E-state index is 12.7. The van der Waals surface area contributed by atoms with Crippen molar-refractivity contribution in [2.45, 2.75) is 6.92 Å². The highest BCUT2D eigenvalue weighted by Crippen LogP contribution is 2.26. The number of halogens is 1. The quantitative estimate of drug-likeness (QED) is 0.503. The zero-order valence-electron chi connectivity index (χ0n) is 13.3. The Balaban J connectivity index is 1.73. The van der Waals surface area contributed by atoms with Gasteiger partial charge >= 0.3 is 0 Å². The molecule has 0 atom stereocenters. The Morgan fingerprint density at radius 1 is 1.12 bits per heavy atom. The second-order valence-corrected chi connectivity index (χ2v) is 6.49. The van der Waals surface area contributed by atoms with E-state index in [4.69, 9.17) is 4.42 Å². The molecule has 2 aromatic heterocycles. The van der Waals surface area contributed by atoms with Gasteiger partial charge in [0, 0.05) is 4.47 Å². The SMILES string of the molecule is Cc1ccc(-c2nc3c(C(=O)Nc4ccccc4Br)cccc3[nH]2)o1. The summed E-state index contributed by atoms with van der Waals surface area (Å²) >= 11 is 3.44. The minimum atomic E-state index is -0.217. The molecule has 4 rings (SSSR count). The molecule has 2 heterocycles. The molecular weight excluding hydrogens is 382 g/mol. The highest BCUT2D eigenvalue weighted by Gasteiger charge is 2.16. The Kier molecular flexibility index (Phi) is 3.89. The molecule has 0 aliphatic rings. The maximum Gasteiger partial charge on any atom is 0.257 e. The largest absolute Gasteiger partial charge is 0.458 e. The minimum Gasteiger partial charge on any atom is -0.458 e. The van der Waals surface area contributed by atoms with E-state index in [0.717, 1.165) is 15.7 Å². The average molecular weight is 396 g/mol. The normalized spacial score (nSPS) is 11.0. The number of hydrogen-bond donors (Lipinski definition) is 2. The number of carbonyl (C=O) groups is 1. The molecule has 1 amide bonds. The number of amides is 1. The van der Waals surface area contributed by atoms with Crippen molar-refractivity contribution in [1.82, 2.24) is 9.97 Å². The first-order chi connectivity index (χ1) is 12.1. The van der Waals surface area contributed by atoms with Crippen molar-refractivity contribution in [3.63, 3.8) is 0 Å². The first kappa shape index (κ1) is 15.7. The number of nitrogens with one attached hydrogen (secondary N) is 2. The van der Waals surface area contributed by atoms with E-state index in [-0.39, 0.29) is 5.91 Å². The third-order valence-electron chi connectivity index (χ3n) is 3.85. The first-order valence-corrected chi connectivity index (χ1v) is 8.52. The van der Waals surface area contributed by atoms with Crippen molar-refractivity contribution < 1.29 is 9.21 Å². The first-order valence-electron chi connectivity index (χ1n) is 7.73. The number of H-pyrrole nitrogens is 1. The number of nitrogens with zero attached hydrogens (tertiary/aromatic N) is 1. The van der Waals surface area contributed by atoms with Crippen LogP contribution < -0.4 is 5.32 Å². The monoisotopic (exact) mass is 395 g/mol. The molecular formula is C19H14BrN3O2. The van der Waals surface area contributed by atoms with E-state index >= 15 is 0 Å². The molecule has 0 fully saturated rings. The lowest BCUT2D eigenvalue weighted by molar-refractivity contribution is 0.102. The lowest BCUT2D eigenvalue weighted by Gasteiger charge is -2.07. The van der Waals surface area contributed by atoms with E-state index in [0.29, 0.717) is 28.4 Å². The van der Waals surface area contributed by atoms with Gasteiger partial charge in [-0.2, -0.15) is 0 Å². The molecule has 0 spiro atoms. The Labute approximate surface area is 152 Å². The van der Waals surface area contributed by atoms with E-state index in [1.165, 1.54) is 0 Å². The number of imidazole rings is 1. The molecule has 4 aromatic rings. The van der Waals surface area contributed by atoms with Crippen LogP contribution in [0.5, 0.6) is 0 Å². The van der Waals surface area contributed by atoms with Crippen molar-refractivity contribution in [3.05, 3.63) is 70.4 Å². The van der Waals surface area contributed by atoms with Gasteiger partial charge in [0.2, 0.25) is 0 Å². The topological polar surface area (TPSA) is 70.9 Å². The van der Waals surface area contributed by atoms with Crippen molar-refractivity contribution in [2.75, 3.05) is 5.32 Å². The zero-order chi connectivity index (χ0) is 17.4. The highest BCUT2D eigenvalue weighted by atomic mass is 79.9. The second kappa shape index (κ2) is 6.22. The Bertz CT molecular complexity index is 1080. The fourth-order valence-electron chi connectivity index (χ4n) is 2.65. The number of aromatic nitrogens is 2. The molecule has 0 saturated carbocycles. The molecule has 0 unspecified atom stereocenters. The van der Waals surface area contributed by atoms with Crippen LogP contribution in [0.1, 0.15) is 16.1 Å². The van der Waals surface area contributed by atoms with Crippen molar-refractivity contribution in [3.8, 4) is 11.6 Å². The Hall–Kier alpha value is -2.86. The fourth-order valence-corrected chi connectivity index (χ4v) is 3.03. The van der Waals surface area contributed by atoms with Gasteiger partial charge in [-0.15, -0.1) is 0 Å². The molecule has 2 N–H and O–H groups in total. The summed E-state index contributed by atoms with van der Waals surface area (Å²) in [6.07, 6.45) is 0. The van der Waals surface area contributed by atoms with E-state index in [1.807, 2.05) is 55.5 Å². The molecule has 0 radical (unpaired) electrons. The van der Waals surface area contributed by atoms with Crippen LogP contribution in [0.15, 0.2) is 63.5 Å². The number of benzene rings is 2. The van der Waals surface area contributed by atoms with Gasteiger partial charge in [-0.05, 0) is 59.3 Å². The molecule has 0 saturated heterocycles. The van der Waals surface area contributed by atoms with Gasteiger partial charge in [0.1, 0.15) is 11.3 Å². The summed E-state index contributed by atoms with van der Waals surface area (Å²) in [6, 6.07) is 16.7. The number of hydrogen-bond acceptors (Lipinski definition) is 3. The number of aromatic amines is 1. The second-order valence-electron chi connectivity index (χ2n) is 5.63. The lowest BCUT2D eigenvalue weighted by Crippen LogP contribution is -2.12. The predicted molar refractivity (Wildman–Crippen MR) is 101 cm³/mol. The standard InChI is InChI=1S/C19H14BrN3O2/c1-11-9-10-16(25-11)18-21-15-8-4-5-12(17(15)23-18)19(24)22-14-7-3-2-6-13(14)20/h2-10H,1H3,(H,21,23)(H,22,24). The van der Waals surface area contributed by atoms with Crippen molar-refractivity contribution in [1.29, 1.82) is 0 Å². The summed E-state index contributed by atoms with van der Waals surface area (Å²) < 4.78 is 6.43. The number of carbonyl (C=O) groups excluding carboxylic acids is 1. The van der Waals surface area contributed by atoms with Gasteiger partial charge in [-0.3, -0.25) is 4.79 Å². The van der Waals surface area contributed by atoms with E-state index < -0.39 is 0 Å². The zero-order valence-corrected chi connectivity index (χ0v) is 14.9. The summed E-state index contributed by atoms with van der Waals surface area (Å²) in [4.78, 5) is 20.5. The van der Waals surface area contributed by atoms with Crippen LogP contribution in [0.3, 0.4) is 0 Å². The molecule has 6 heteroatoms. The van der Waals surface area contributed by atoms with Gasteiger partial charge in [-0.25, -0.2) is 4.98 Å². The molecule has 25 heavy (non-hydrogen) atoms. The van der Waals surface area contributed by atoms with Crippen molar-refractivity contribution >= 4 is 38.6 Å². The Morgan fingerprint density at radius 2 is 1.96 bits per heavy atom. The number of furan rings is 1. The van der Waals surface area contributed by atoms with Gasteiger partial charge in [-0.1, -0.05) is 18.2 Å². The number of para-hydroxylation sites is 2. The van der Waals surface area contributed by atoms with Crippen LogP contribution in [0.2, 0.25) is 0 Å². The van der Waals surface area contributed by atoms with Crippen LogP contribution in [0, 0.1) is 6.92 Å². The summed E-state index contributed by atoms with van der Waals surface area (Å²) in [7, 11) is 0. The van der Waals surface area contributed by atoms with Gasteiger partial charge in [0.25, 0.3) is 5.91 Å². The van der Waals surface area contributed by atoms with E-state index in [2.05, 4.69) is 31.2 Å². The van der Waals surface area contributed by atoms with Crippen LogP contribution in [-0.2, 0) is 0 Å². The van der Waals surface area contributed by atoms with Crippen LogP contribution in [0.4, 0.5) is 5.69 Å². The molecule has 5 nitrogen and oxygen atoms in total. The smallest absolute Gasteiger partial charge is 0.257 e. The summed E-state index contributed by atoms with van der Waals surface area (Å²) in [5.41, 5.74) is 2.60. The van der Waals surface area contributed by atoms with Gasteiger partial charge in [0.15, 0.2) is 11.6 Å². The number of aryl methyl sites for hydroxylation is 1. The van der Waals surface area contributed by atoms with Crippen molar-refractivity contribution in [2.24, 2.45) is 0 Å². The summed E-state index contributed by atoms with van der Waals surface area (Å²) in [5, 5.41) is 2.91. The van der Waals surface area contributed by atoms with Crippen LogP contribution in [0.25, 0.3) is 22.6 Å². The van der Waals surface area contributed by atoms with Gasteiger partial charge in [0.05, 0.1) is 16.8 Å². The van der Waals surface area contributed by atoms with Crippen LogP contribution in [-0.4, -0.2) is 15.9 Å². The predicted octanol–water partition coefficient (Wildman–Crippen LogP) is 5.15. The summed E-state index contributed by atoms with van der Waals surface area (Å²) in [5.74, 6) is 1.84. The van der Waals surface area contributed by atoms with Crippen LogP contribution >= 0.6 is 15.9 Å². The number of fused-ring (bicyclic) bond motifs is 1. The number of rotatable bonds is 3. The van der Waals surface area contributed by atoms with Gasteiger partial charge < -0.3 is 14.7 Å². The molecule has 124 valence electrons. The average Bonchev–Trinajstić information content (AvgIpc) is 3.22. The number of anilines is 1. The summed E-state index contributed by atoms with van der Waals surface area (Å²) in [6.45, 7) is 1.88. The molecule has 2 aromatic carbocycles. The molecule has 0 aliphatic carbocycles. The van der Waals surface area contributed by atoms with E-state index in [9.17, 15) is 4.79 Å². The fraction of sp³-hybridized carbons (Fsp3) is 0.0526. The molecule has 0 bridgehead atoms. The minimum absolute atomic E-state index is 0.217. The van der Waals surface area contributed by atoms with E-state index in [1.54, 1.807) is 6.07 Å². The highest BCUT2D eigenvalue weighted by molar-refractivity contribution is 9.10. The third-order valence-corrected chi connectivity index (χ3v) is 4.54. The maximum absolute atomic E-state index is 12.7.